The molecular weight excluding hydrogens is 324 g/mol. The van der Waals surface area contributed by atoms with Gasteiger partial charge in [0.1, 0.15) is 0 Å². The quantitative estimate of drug-likeness (QED) is 0.727. The summed E-state index contributed by atoms with van der Waals surface area (Å²) in [6.45, 7) is 3.87. The molecule has 0 bridgehead atoms. The number of likely N-dealkylation sites (N-methyl/N-ethyl adjacent to an activating group) is 1. The third-order valence-corrected chi connectivity index (χ3v) is 5.39. The van der Waals surface area contributed by atoms with E-state index < -0.39 is 5.97 Å². The molecule has 1 aliphatic carbocycles. The molecular formula is C22H28N2O2. The van der Waals surface area contributed by atoms with Gasteiger partial charge in [0.2, 0.25) is 0 Å². The first-order chi connectivity index (χ1) is 12.7. The predicted octanol–water partition coefficient (Wildman–Crippen LogP) is 3.35. The number of aliphatic carboxylic acids is 1. The molecule has 0 atom stereocenters. The molecule has 3 rings (SSSR count). The fourth-order valence-electron chi connectivity index (χ4n) is 3.81. The highest BCUT2D eigenvalue weighted by molar-refractivity contribution is 5.69. The first-order valence-electron chi connectivity index (χ1n) is 9.46. The first-order valence-corrected chi connectivity index (χ1v) is 9.46. The van der Waals surface area contributed by atoms with Crippen molar-refractivity contribution in [3.05, 3.63) is 71.8 Å². The van der Waals surface area contributed by atoms with Crippen LogP contribution >= 0.6 is 0 Å². The topological polar surface area (TPSA) is 52.6 Å². The lowest BCUT2D eigenvalue weighted by molar-refractivity contribution is -0.139. The molecule has 2 N–H and O–H groups in total. The average Bonchev–Trinajstić information content (AvgIpc) is 2.63. The zero-order chi connectivity index (χ0) is 18.4. The summed E-state index contributed by atoms with van der Waals surface area (Å²) < 4.78 is 0. The Bertz CT molecular complexity index is 644. The first kappa shape index (κ1) is 18.6. The Balaban J connectivity index is 1.57. The lowest BCUT2D eigenvalue weighted by atomic mass is 9.84. The molecule has 4 nitrogen and oxygen atoms in total. The molecule has 2 aromatic rings. The fraction of sp³-hybridized carbons (Fsp3) is 0.409. The Labute approximate surface area is 155 Å². The minimum Gasteiger partial charge on any atom is -0.480 e. The molecule has 4 heteroatoms. The zero-order valence-electron chi connectivity index (χ0n) is 15.3. The van der Waals surface area contributed by atoms with Crippen molar-refractivity contribution in [2.45, 2.75) is 37.8 Å². The van der Waals surface area contributed by atoms with Crippen LogP contribution in [0.15, 0.2) is 60.7 Å². The number of nitrogens with one attached hydrogen (secondary N) is 1. The number of nitrogens with zero attached hydrogens (tertiary/aromatic N) is 1. The summed E-state index contributed by atoms with van der Waals surface area (Å²) in [4.78, 5) is 13.0. The van der Waals surface area contributed by atoms with Crippen LogP contribution < -0.4 is 5.32 Å². The summed E-state index contributed by atoms with van der Waals surface area (Å²) in [6.07, 6.45) is 2.05. The van der Waals surface area contributed by atoms with Crippen LogP contribution in [0, 0.1) is 0 Å². The van der Waals surface area contributed by atoms with Crippen molar-refractivity contribution in [1.82, 2.24) is 10.2 Å². The number of carbonyl (C=O) groups is 1. The van der Waals surface area contributed by atoms with Crippen molar-refractivity contribution in [2.24, 2.45) is 0 Å². The Kier molecular flexibility index (Phi) is 6.42. The lowest BCUT2D eigenvalue weighted by Gasteiger charge is -2.43. The van der Waals surface area contributed by atoms with Crippen LogP contribution in [-0.4, -0.2) is 47.7 Å². The van der Waals surface area contributed by atoms with Gasteiger partial charge in [0, 0.05) is 24.5 Å². The van der Waals surface area contributed by atoms with E-state index in [2.05, 4.69) is 70.9 Å². The van der Waals surface area contributed by atoms with Gasteiger partial charge >= 0.3 is 5.97 Å². The van der Waals surface area contributed by atoms with Crippen molar-refractivity contribution in [1.29, 1.82) is 0 Å². The maximum atomic E-state index is 11.0. The van der Waals surface area contributed by atoms with Gasteiger partial charge in [-0.15, -0.1) is 0 Å². The van der Waals surface area contributed by atoms with Gasteiger partial charge in [-0.2, -0.15) is 0 Å². The number of carboxylic acids is 1. The summed E-state index contributed by atoms with van der Waals surface area (Å²) >= 11 is 0. The Hall–Kier alpha value is -2.17. The summed E-state index contributed by atoms with van der Waals surface area (Å²) in [5, 5.41) is 12.7. The normalized spacial score (nSPS) is 19.5. The number of carboxylic acid groups (broad SMARTS) is 1. The summed E-state index contributed by atoms with van der Waals surface area (Å²) in [5.41, 5.74) is 2.64. The van der Waals surface area contributed by atoms with Gasteiger partial charge in [-0.1, -0.05) is 67.6 Å². The third kappa shape index (κ3) is 4.71. The smallest absolute Gasteiger partial charge is 0.317 e. The van der Waals surface area contributed by atoms with Crippen molar-refractivity contribution in [2.75, 3.05) is 19.6 Å². The molecule has 2 aromatic carbocycles. The molecule has 26 heavy (non-hydrogen) atoms. The standard InChI is InChI=1S/C22H28N2O2/c1-2-24(16-22(25)26)20-13-19(14-20)23-15-21(17-9-5-3-6-10-17)18-11-7-4-8-12-18/h3-12,19-21,23H,2,13-16H2,1H3,(H,25,26). The van der Waals surface area contributed by atoms with Gasteiger partial charge in [-0.05, 0) is 30.5 Å². The molecule has 1 aliphatic rings. The average molecular weight is 352 g/mol. The fourth-order valence-corrected chi connectivity index (χ4v) is 3.81. The van der Waals surface area contributed by atoms with E-state index in [1.807, 2.05) is 6.92 Å². The van der Waals surface area contributed by atoms with Gasteiger partial charge in [-0.3, -0.25) is 9.69 Å². The molecule has 0 amide bonds. The largest absolute Gasteiger partial charge is 0.480 e. The molecule has 138 valence electrons. The second-order valence-corrected chi connectivity index (χ2v) is 7.06. The van der Waals surface area contributed by atoms with Crippen LogP contribution in [0.1, 0.15) is 36.8 Å². The van der Waals surface area contributed by atoms with Crippen LogP contribution in [0.25, 0.3) is 0 Å². The molecule has 0 spiro atoms. The van der Waals surface area contributed by atoms with Gasteiger partial charge < -0.3 is 10.4 Å². The van der Waals surface area contributed by atoms with Gasteiger partial charge in [-0.25, -0.2) is 0 Å². The number of hydrogen-bond donors (Lipinski definition) is 2. The van der Waals surface area contributed by atoms with Crippen molar-refractivity contribution < 1.29 is 9.90 Å². The van der Waals surface area contributed by atoms with Crippen molar-refractivity contribution >= 4 is 5.97 Å². The molecule has 0 aromatic heterocycles. The highest BCUT2D eigenvalue weighted by atomic mass is 16.4. The van der Waals surface area contributed by atoms with Crippen LogP contribution in [0.2, 0.25) is 0 Å². The third-order valence-electron chi connectivity index (χ3n) is 5.39. The zero-order valence-corrected chi connectivity index (χ0v) is 15.3. The highest BCUT2D eigenvalue weighted by Gasteiger charge is 2.33. The number of rotatable bonds is 9. The molecule has 0 heterocycles. The van der Waals surface area contributed by atoms with Crippen molar-refractivity contribution in [3.8, 4) is 0 Å². The summed E-state index contributed by atoms with van der Waals surface area (Å²) in [7, 11) is 0. The highest BCUT2D eigenvalue weighted by Crippen LogP contribution is 2.28. The van der Waals surface area contributed by atoms with E-state index in [9.17, 15) is 4.79 Å². The maximum Gasteiger partial charge on any atom is 0.317 e. The van der Waals surface area contributed by atoms with Gasteiger partial charge in [0.15, 0.2) is 0 Å². The minimum absolute atomic E-state index is 0.143. The van der Waals surface area contributed by atoms with E-state index in [1.54, 1.807) is 0 Å². The molecule has 0 unspecified atom stereocenters. The molecule has 0 aliphatic heterocycles. The summed E-state index contributed by atoms with van der Waals surface area (Å²) in [6, 6.07) is 22.1. The van der Waals surface area contributed by atoms with E-state index in [1.165, 1.54) is 11.1 Å². The maximum absolute atomic E-state index is 11.0. The Morgan fingerprint density at radius 1 is 1.08 bits per heavy atom. The second-order valence-electron chi connectivity index (χ2n) is 7.06. The molecule has 1 saturated carbocycles. The van der Waals surface area contributed by atoms with Gasteiger partial charge in [0.25, 0.3) is 0 Å². The van der Waals surface area contributed by atoms with Crippen molar-refractivity contribution in [3.63, 3.8) is 0 Å². The minimum atomic E-state index is -0.739. The second kappa shape index (κ2) is 8.97. The van der Waals surface area contributed by atoms with Crippen LogP contribution in [-0.2, 0) is 4.79 Å². The van der Waals surface area contributed by atoms with E-state index in [4.69, 9.17) is 5.11 Å². The molecule has 1 fully saturated rings. The number of hydrogen-bond acceptors (Lipinski definition) is 3. The van der Waals surface area contributed by atoms with Crippen LogP contribution in [0.4, 0.5) is 0 Å². The lowest BCUT2D eigenvalue weighted by Crippen LogP contribution is -2.54. The van der Waals surface area contributed by atoms with E-state index in [-0.39, 0.29) is 6.54 Å². The monoisotopic (exact) mass is 352 g/mol. The van der Waals surface area contributed by atoms with E-state index in [0.29, 0.717) is 18.0 Å². The van der Waals surface area contributed by atoms with Gasteiger partial charge in [0.05, 0.1) is 6.54 Å². The van der Waals surface area contributed by atoms with E-state index >= 15 is 0 Å². The Morgan fingerprint density at radius 3 is 2.08 bits per heavy atom. The number of benzene rings is 2. The summed E-state index contributed by atoms with van der Waals surface area (Å²) in [5.74, 6) is -0.408. The molecule has 0 saturated heterocycles. The Morgan fingerprint density at radius 2 is 1.62 bits per heavy atom. The predicted molar refractivity (Wildman–Crippen MR) is 104 cm³/mol. The van der Waals surface area contributed by atoms with Crippen LogP contribution in [0.3, 0.4) is 0 Å². The van der Waals surface area contributed by atoms with Crippen LogP contribution in [0.5, 0.6) is 0 Å². The molecule has 0 radical (unpaired) electrons. The van der Waals surface area contributed by atoms with E-state index in [0.717, 1.165) is 25.9 Å². The SMILES string of the molecule is CCN(CC(=O)O)C1CC(NCC(c2ccccc2)c2ccccc2)C1.